The molecule has 0 atom stereocenters. The molecular weight excluding hydrogens is 405 g/mol. The van der Waals surface area contributed by atoms with Crippen LogP contribution in [-0.4, -0.2) is 39.4 Å². The van der Waals surface area contributed by atoms with E-state index in [-0.39, 0.29) is 24.0 Å². The highest BCUT2D eigenvalue weighted by Gasteiger charge is 1.99. The Morgan fingerprint density at radius 3 is 2.26 bits per heavy atom. The summed E-state index contributed by atoms with van der Waals surface area (Å²) >= 11 is 0. The lowest BCUT2D eigenvalue weighted by Crippen LogP contribution is -2.37. The molecular formula is C17H30IN3O2. The van der Waals surface area contributed by atoms with Crippen molar-refractivity contribution >= 4 is 29.9 Å². The minimum atomic E-state index is 0. The number of benzene rings is 1. The van der Waals surface area contributed by atoms with Crippen molar-refractivity contribution in [1.29, 1.82) is 0 Å². The van der Waals surface area contributed by atoms with Gasteiger partial charge >= 0.3 is 0 Å². The molecule has 0 aliphatic heterocycles. The summed E-state index contributed by atoms with van der Waals surface area (Å²) in [6, 6.07) is 8.43. The Bertz CT molecular complexity index is 424. The fourth-order valence-corrected chi connectivity index (χ4v) is 1.91. The minimum Gasteiger partial charge on any atom is -0.382 e. The molecule has 0 unspecified atom stereocenters. The smallest absolute Gasteiger partial charge is 0.191 e. The summed E-state index contributed by atoms with van der Waals surface area (Å²) < 4.78 is 10.7. The summed E-state index contributed by atoms with van der Waals surface area (Å²) in [7, 11) is 1.78. The zero-order valence-corrected chi connectivity index (χ0v) is 16.8. The van der Waals surface area contributed by atoms with Gasteiger partial charge in [-0.25, -0.2) is 0 Å². The Labute approximate surface area is 157 Å². The van der Waals surface area contributed by atoms with Crippen molar-refractivity contribution in [2.45, 2.75) is 33.4 Å². The van der Waals surface area contributed by atoms with Gasteiger partial charge in [-0.2, -0.15) is 0 Å². The van der Waals surface area contributed by atoms with E-state index in [9.17, 15) is 0 Å². The second-order valence-electron chi connectivity index (χ2n) is 4.86. The van der Waals surface area contributed by atoms with Gasteiger partial charge in [0.05, 0.1) is 6.61 Å². The molecule has 1 aromatic rings. The normalized spacial score (nSPS) is 11.0. The Hall–Kier alpha value is -0.860. The van der Waals surface area contributed by atoms with E-state index in [4.69, 9.17) is 9.47 Å². The predicted molar refractivity (Wildman–Crippen MR) is 106 cm³/mol. The number of hydrogen-bond donors (Lipinski definition) is 2. The number of rotatable bonds is 10. The first-order valence-corrected chi connectivity index (χ1v) is 7.98. The largest absolute Gasteiger partial charge is 0.382 e. The number of halogens is 1. The van der Waals surface area contributed by atoms with E-state index >= 15 is 0 Å². The topological polar surface area (TPSA) is 54.9 Å². The molecule has 5 nitrogen and oxygen atoms in total. The molecule has 1 rings (SSSR count). The van der Waals surface area contributed by atoms with E-state index in [1.165, 1.54) is 11.1 Å². The molecule has 0 heterocycles. The Kier molecular flexibility index (Phi) is 14.2. The van der Waals surface area contributed by atoms with E-state index in [0.717, 1.165) is 45.3 Å². The van der Waals surface area contributed by atoms with Crippen molar-refractivity contribution in [3.8, 4) is 0 Å². The number of nitrogens with zero attached hydrogens (tertiary/aromatic N) is 1. The van der Waals surface area contributed by atoms with Crippen molar-refractivity contribution in [2.75, 3.05) is 33.4 Å². The van der Waals surface area contributed by atoms with Crippen LogP contribution < -0.4 is 10.6 Å². The SMILES string of the molecule is CCOCCCNC(=NC)NCc1ccc(COCC)cc1.I. The lowest BCUT2D eigenvalue weighted by atomic mass is 10.1. The van der Waals surface area contributed by atoms with E-state index in [2.05, 4.69) is 39.9 Å². The zero-order chi connectivity index (χ0) is 16.0. The maximum atomic E-state index is 5.39. The molecule has 6 heteroatoms. The molecule has 132 valence electrons. The third-order valence-corrected chi connectivity index (χ3v) is 3.14. The molecule has 0 spiro atoms. The van der Waals surface area contributed by atoms with Crippen molar-refractivity contribution in [2.24, 2.45) is 4.99 Å². The molecule has 0 aliphatic carbocycles. The van der Waals surface area contributed by atoms with Gasteiger partial charge in [-0.05, 0) is 31.4 Å². The number of guanidine groups is 1. The van der Waals surface area contributed by atoms with E-state index in [1.54, 1.807) is 7.05 Å². The van der Waals surface area contributed by atoms with E-state index in [1.807, 2.05) is 13.8 Å². The van der Waals surface area contributed by atoms with Crippen LogP contribution in [0, 0.1) is 0 Å². The zero-order valence-electron chi connectivity index (χ0n) is 14.4. The van der Waals surface area contributed by atoms with Crippen molar-refractivity contribution < 1.29 is 9.47 Å². The molecule has 0 saturated carbocycles. The molecule has 0 saturated heterocycles. The van der Waals surface area contributed by atoms with Crippen LogP contribution in [0.3, 0.4) is 0 Å². The first kappa shape index (κ1) is 22.1. The first-order valence-electron chi connectivity index (χ1n) is 7.98. The third kappa shape index (κ3) is 10.5. The van der Waals surface area contributed by atoms with E-state index < -0.39 is 0 Å². The lowest BCUT2D eigenvalue weighted by Gasteiger charge is -2.12. The van der Waals surface area contributed by atoms with Crippen LogP contribution in [0.25, 0.3) is 0 Å². The summed E-state index contributed by atoms with van der Waals surface area (Å²) in [5, 5.41) is 6.58. The Balaban J connectivity index is 0.00000484. The van der Waals surface area contributed by atoms with Crippen LogP contribution in [0.15, 0.2) is 29.3 Å². The molecule has 0 fully saturated rings. The molecule has 0 radical (unpaired) electrons. The van der Waals surface area contributed by atoms with Gasteiger partial charge in [0.1, 0.15) is 0 Å². The second-order valence-corrected chi connectivity index (χ2v) is 4.86. The standard InChI is InChI=1S/C17H29N3O2.HI/c1-4-21-12-6-11-19-17(18-3)20-13-15-7-9-16(10-8-15)14-22-5-2;/h7-10H,4-6,11-14H2,1-3H3,(H2,18,19,20);1H. The van der Waals surface area contributed by atoms with Crippen LogP contribution in [0.2, 0.25) is 0 Å². The Morgan fingerprint density at radius 1 is 1.00 bits per heavy atom. The van der Waals surface area contributed by atoms with Gasteiger partial charge in [0, 0.05) is 40.0 Å². The van der Waals surface area contributed by atoms with E-state index in [0.29, 0.717) is 6.61 Å². The molecule has 0 aliphatic rings. The first-order chi connectivity index (χ1) is 10.8. The van der Waals surface area contributed by atoms with Gasteiger partial charge in [0.2, 0.25) is 0 Å². The van der Waals surface area contributed by atoms with Gasteiger partial charge in [-0.1, -0.05) is 24.3 Å². The highest BCUT2D eigenvalue weighted by atomic mass is 127. The number of ether oxygens (including phenoxy) is 2. The summed E-state index contributed by atoms with van der Waals surface area (Å²) in [5.41, 5.74) is 2.42. The monoisotopic (exact) mass is 435 g/mol. The average molecular weight is 435 g/mol. The highest BCUT2D eigenvalue weighted by Crippen LogP contribution is 2.05. The molecule has 2 N–H and O–H groups in total. The molecule has 0 bridgehead atoms. The molecule has 1 aromatic carbocycles. The van der Waals surface area contributed by atoms with Gasteiger partial charge in [-0.3, -0.25) is 4.99 Å². The fourth-order valence-electron chi connectivity index (χ4n) is 1.91. The van der Waals surface area contributed by atoms with Gasteiger partial charge < -0.3 is 20.1 Å². The third-order valence-electron chi connectivity index (χ3n) is 3.14. The van der Waals surface area contributed by atoms with Crippen LogP contribution >= 0.6 is 24.0 Å². The maximum Gasteiger partial charge on any atom is 0.191 e. The summed E-state index contributed by atoms with van der Waals surface area (Å²) in [6.07, 6.45) is 0.973. The number of hydrogen-bond acceptors (Lipinski definition) is 3. The van der Waals surface area contributed by atoms with Crippen LogP contribution in [0.4, 0.5) is 0 Å². The predicted octanol–water partition coefficient (Wildman–Crippen LogP) is 2.93. The van der Waals surface area contributed by atoms with Crippen LogP contribution in [0.1, 0.15) is 31.4 Å². The van der Waals surface area contributed by atoms with Gasteiger partial charge in [-0.15, -0.1) is 24.0 Å². The van der Waals surface area contributed by atoms with Crippen molar-refractivity contribution in [3.63, 3.8) is 0 Å². The van der Waals surface area contributed by atoms with Gasteiger partial charge in [0.25, 0.3) is 0 Å². The van der Waals surface area contributed by atoms with Crippen molar-refractivity contribution in [3.05, 3.63) is 35.4 Å². The summed E-state index contributed by atoms with van der Waals surface area (Å²) in [4.78, 5) is 4.21. The lowest BCUT2D eigenvalue weighted by molar-refractivity contribution is 0.134. The van der Waals surface area contributed by atoms with Crippen molar-refractivity contribution in [1.82, 2.24) is 10.6 Å². The molecule has 23 heavy (non-hydrogen) atoms. The maximum absolute atomic E-state index is 5.39. The molecule has 0 aromatic heterocycles. The highest BCUT2D eigenvalue weighted by molar-refractivity contribution is 14.0. The number of nitrogens with one attached hydrogen (secondary N) is 2. The average Bonchev–Trinajstić information content (AvgIpc) is 2.56. The number of aliphatic imine (C=N–C) groups is 1. The second kappa shape index (κ2) is 14.7. The van der Waals surface area contributed by atoms with Gasteiger partial charge in [0.15, 0.2) is 5.96 Å². The molecule has 0 amide bonds. The fraction of sp³-hybridized carbons (Fsp3) is 0.588. The summed E-state index contributed by atoms with van der Waals surface area (Å²) in [5.74, 6) is 0.815. The van der Waals surface area contributed by atoms with Crippen LogP contribution in [0.5, 0.6) is 0 Å². The summed E-state index contributed by atoms with van der Waals surface area (Å²) in [6.45, 7) is 8.59. The quantitative estimate of drug-likeness (QED) is 0.257. The Morgan fingerprint density at radius 2 is 1.65 bits per heavy atom. The van der Waals surface area contributed by atoms with Crippen LogP contribution in [-0.2, 0) is 22.6 Å². The minimum absolute atomic E-state index is 0.